The Morgan fingerprint density at radius 3 is 2.57 bits per heavy atom. The molecule has 0 aliphatic carbocycles. The Morgan fingerprint density at radius 2 is 2.00 bits per heavy atom. The van der Waals surface area contributed by atoms with Gasteiger partial charge in [-0.3, -0.25) is 14.5 Å². The lowest BCUT2D eigenvalue weighted by Crippen LogP contribution is -2.73. The average molecular weight is 406 g/mol. The Hall–Kier alpha value is -1.40. The van der Waals surface area contributed by atoms with Crippen LogP contribution in [0.4, 0.5) is 0 Å². The van der Waals surface area contributed by atoms with Crippen molar-refractivity contribution in [2.75, 3.05) is 19.6 Å². The van der Waals surface area contributed by atoms with E-state index in [4.69, 9.17) is 0 Å². The summed E-state index contributed by atoms with van der Waals surface area (Å²) in [6.07, 6.45) is 4.15. The lowest BCUT2D eigenvalue weighted by atomic mass is 9.80. The molecular weight excluding hydrogens is 370 g/mol. The van der Waals surface area contributed by atoms with Crippen LogP contribution in [0.25, 0.3) is 0 Å². The summed E-state index contributed by atoms with van der Waals surface area (Å²) in [5, 5.41) is 5.23. The number of rotatable bonds is 7. The molecule has 0 radical (unpaired) electrons. The van der Waals surface area contributed by atoms with Crippen molar-refractivity contribution < 1.29 is 9.59 Å². The summed E-state index contributed by atoms with van der Waals surface area (Å²) in [6.45, 7) is 11.9. The molecule has 1 unspecified atom stereocenters. The zero-order chi connectivity index (χ0) is 20.3. The SMILES string of the molecule is CCCCN1C(=O)C(CC(C)C)NC(=O)C12CCN(Cc1sccc1C)CC2. The molecule has 2 amide bonds. The van der Waals surface area contributed by atoms with E-state index in [0.717, 1.165) is 45.3 Å². The van der Waals surface area contributed by atoms with E-state index in [1.54, 1.807) is 11.3 Å². The molecule has 2 aliphatic rings. The number of likely N-dealkylation sites (tertiary alicyclic amines) is 1. The molecule has 6 heteroatoms. The number of carbonyl (C=O) groups is 2. The zero-order valence-electron chi connectivity index (χ0n) is 17.8. The van der Waals surface area contributed by atoms with Crippen molar-refractivity contribution in [2.24, 2.45) is 5.92 Å². The van der Waals surface area contributed by atoms with E-state index >= 15 is 0 Å². The van der Waals surface area contributed by atoms with Gasteiger partial charge < -0.3 is 10.2 Å². The summed E-state index contributed by atoms with van der Waals surface area (Å²) >= 11 is 1.80. The summed E-state index contributed by atoms with van der Waals surface area (Å²) in [7, 11) is 0. The Bertz CT molecular complexity index is 692. The number of hydrogen-bond acceptors (Lipinski definition) is 4. The number of piperazine rings is 1. The van der Waals surface area contributed by atoms with Gasteiger partial charge >= 0.3 is 0 Å². The quantitative estimate of drug-likeness (QED) is 0.755. The molecule has 156 valence electrons. The van der Waals surface area contributed by atoms with Crippen LogP contribution in [-0.2, 0) is 16.1 Å². The fourth-order valence-corrected chi connectivity index (χ4v) is 5.44. The first kappa shape index (κ1) is 21.3. The van der Waals surface area contributed by atoms with Crippen molar-refractivity contribution in [2.45, 2.75) is 77.9 Å². The molecule has 0 aromatic carbocycles. The monoisotopic (exact) mass is 405 g/mol. The highest BCUT2D eigenvalue weighted by Gasteiger charge is 2.53. The second-order valence-electron chi connectivity index (χ2n) is 8.83. The minimum absolute atomic E-state index is 0.0702. The van der Waals surface area contributed by atoms with Gasteiger partial charge in [-0.25, -0.2) is 0 Å². The van der Waals surface area contributed by atoms with Gasteiger partial charge in [-0.05, 0) is 55.5 Å². The Morgan fingerprint density at radius 1 is 1.29 bits per heavy atom. The maximum absolute atomic E-state index is 13.3. The largest absolute Gasteiger partial charge is 0.342 e. The lowest BCUT2D eigenvalue weighted by molar-refractivity contribution is -0.161. The predicted octanol–water partition coefficient (Wildman–Crippen LogP) is 3.56. The fourth-order valence-electron chi connectivity index (χ4n) is 4.49. The third-order valence-electron chi connectivity index (χ3n) is 6.27. The first-order valence-electron chi connectivity index (χ1n) is 10.7. The van der Waals surface area contributed by atoms with Gasteiger partial charge in [0.25, 0.3) is 0 Å². The standard InChI is InChI=1S/C22H35N3O2S/c1-5-6-10-25-20(26)18(14-16(2)3)23-21(27)22(25)8-11-24(12-9-22)15-19-17(4)7-13-28-19/h7,13,16,18H,5-6,8-12,14-15H2,1-4H3,(H,23,27). The van der Waals surface area contributed by atoms with Crippen molar-refractivity contribution >= 4 is 23.2 Å². The molecule has 2 saturated heterocycles. The third-order valence-corrected chi connectivity index (χ3v) is 7.28. The highest BCUT2D eigenvalue weighted by atomic mass is 32.1. The highest BCUT2D eigenvalue weighted by molar-refractivity contribution is 7.10. The molecule has 0 saturated carbocycles. The van der Waals surface area contributed by atoms with Gasteiger partial charge in [-0.15, -0.1) is 11.3 Å². The fraction of sp³-hybridized carbons (Fsp3) is 0.727. The first-order valence-corrected chi connectivity index (χ1v) is 11.6. The maximum atomic E-state index is 13.3. The van der Waals surface area contributed by atoms with Gasteiger partial charge in [-0.1, -0.05) is 27.2 Å². The van der Waals surface area contributed by atoms with Crippen molar-refractivity contribution in [3.05, 3.63) is 21.9 Å². The second kappa shape index (κ2) is 8.95. The van der Waals surface area contributed by atoms with E-state index in [0.29, 0.717) is 18.9 Å². The van der Waals surface area contributed by atoms with Gasteiger partial charge in [0.2, 0.25) is 11.8 Å². The van der Waals surface area contributed by atoms with Gasteiger partial charge in [0, 0.05) is 31.1 Å². The number of nitrogens with one attached hydrogen (secondary N) is 1. The van der Waals surface area contributed by atoms with Crippen molar-refractivity contribution in [1.29, 1.82) is 0 Å². The van der Waals surface area contributed by atoms with Crippen LogP contribution < -0.4 is 5.32 Å². The van der Waals surface area contributed by atoms with Crippen molar-refractivity contribution in [3.8, 4) is 0 Å². The van der Waals surface area contributed by atoms with Gasteiger partial charge in [0.1, 0.15) is 11.6 Å². The van der Waals surface area contributed by atoms with E-state index in [9.17, 15) is 9.59 Å². The summed E-state index contributed by atoms with van der Waals surface area (Å²) < 4.78 is 0. The summed E-state index contributed by atoms with van der Waals surface area (Å²) in [4.78, 5) is 32.3. The van der Waals surface area contributed by atoms with E-state index in [1.807, 2.05) is 4.90 Å². The van der Waals surface area contributed by atoms with E-state index in [1.165, 1.54) is 10.4 Å². The smallest absolute Gasteiger partial charge is 0.246 e. The van der Waals surface area contributed by atoms with Crippen molar-refractivity contribution in [3.63, 3.8) is 0 Å². The molecule has 1 aromatic heterocycles. The number of carbonyl (C=O) groups excluding carboxylic acids is 2. The Kier molecular flexibility index (Phi) is 6.81. The van der Waals surface area contributed by atoms with E-state index in [-0.39, 0.29) is 17.9 Å². The number of nitrogens with zero attached hydrogens (tertiary/aromatic N) is 2. The molecule has 1 spiro atoms. The molecule has 1 atom stereocenters. The summed E-state index contributed by atoms with van der Waals surface area (Å²) in [5.41, 5.74) is 0.692. The number of aryl methyl sites for hydroxylation is 1. The average Bonchev–Trinajstić information content (AvgIpc) is 3.06. The number of piperidine rings is 1. The maximum Gasteiger partial charge on any atom is 0.246 e. The number of amides is 2. The summed E-state index contributed by atoms with van der Waals surface area (Å²) in [5.74, 6) is 0.581. The normalized spacial score (nSPS) is 22.9. The molecule has 3 rings (SSSR count). The second-order valence-corrected chi connectivity index (χ2v) is 9.83. The molecular formula is C22H35N3O2S. The third kappa shape index (κ3) is 4.28. The molecule has 0 bridgehead atoms. The van der Waals surface area contributed by atoms with Gasteiger partial charge in [0.05, 0.1) is 0 Å². The molecule has 1 aromatic rings. The zero-order valence-corrected chi connectivity index (χ0v) is 18.6. The van der Waals surface area contributed by atoms with Crippen LogP contribution in [-0.4, -0.2) is 52.8 Å². The highest BCUT2D eigenvalue weighted by Crippen LogP contribution is 2.35. The van der Waals surface area contributed by atoms with Crippen LogP contribution in [0.5, 0.6) is 0 Å². The molecule has 1 N–H and O–H groups in total. The molecule has 2 aliphatic heterocycles. The minimum Gasteiger partial charge on any atom is -0.342 e. The number of hydrogen-bond donors (Lipinski definition) is 1. The molecule has 2 fully saturated rings. The van der Waals surface area contributed by atoms with Crippen LogP contribution in [0.3, 0.4) is 0 Å². The molecule has 3 heterocycles. The topological polar surface area (TPSA) is 52.7 Å². The molecule has 5 nitrogen and oxygen atoms in total. The lowest BCUT2D eigenvalue weighted by Gasteiger charge is -2.52. The Labute approximate surface area is 173 Å². The van der Waals surface area contributed by atoms with Crippen LogP contribution in [0.15, 0.2) is 11.4 Å². The van der Waals surface area contributed by atoms with Gasteiger partial charge in [0.15, 0.2) is 0 Å². The number of thiophene rings is 1. The van der Waals surface area contributed by atoms with E-state index in [2.05, 4.69) is 49.4 Å². The van der Waals surface area contributed by atoms with Gasteiger partial charge in [-0.2, -0.15) is 0 Å². The first-order chi connectivity index (χ1) is 13.4. The Balaban J connectivity index is 1.73. The van der Waals surface area contributed by atoms with Crippen LogP contribution in [0.1, 0.15) is 63.3 Å². The van der Waals surface area contributed by atoms with Crippen LogP contribution >= 0.6 is 11.3 Å². The van der Waals surface area contributed by atoms with E-state index < -0.39 is 5.54 Å². The van der Waals surface area contributed by atoms with Crippen LogP contribution in [0.2, 0.25) is 0 Å². The number of unbranched alkanes of at least 4 members (excludes halogenated alkanes) is 1. The minimum atomic E-state index is -0.652. The van der Waals surface area contributed by atoms with Crippen molar-refractivity contribution in [1.82, 2.24) is 15.1 Å². The summed E-state index contributed by atoms with van der Waals surface area (Å²) in [6, 6.07) is 1.81. The predicted molar refractivity (Wildman–Crippen MR) is 114 cm³/mol. The molecule has 28 heavy (non-hydrogen) atoms. The van der Waals surface area contributed by atoms with Crippen LogP contribution in [0, 0.1) is 12.8 Å².